The van der Waals surface area contributed by atoms with E-state index in [1.807, 2.05) is 53.2 Å². The van der Waals surface area contributed by atoms with Crippen molar-refractivity contribution in [3.63, 3.8) is 0 Å². The van der Waals surface area contributed by atoms with Gasteiger partial charge in [0.15, 0.2) is 0 Å². The van der Waals surface area contributed by atoms with Gasteiger partial charge in [0.05, 0.1) is 18.1 Å². The molecule has 2 aromatic heterocycles. The molecule has 0 spiro atoms. The summed E-state index contributed by atoms with van der Waals surface area (Å²) in [5, 5.41) is 16.9. The molecule has 158 valence electrons. The third kappa shape index (κ3) is 3.93. The Kier molecular flexibility index (Phi) is 5.19. The van der Waals surface area contributed by atoms with Crippen LogP contribution in [0.15, 0.2) is 52.9 Å². The second kappa shape index (κ2) is 8.29. The molecule has 0 N–H and O–H groups in total. The standard InChI is InChI=1S/C23H24N6O2/c1-28(15-21-25-26-22(31-21)16-8-4-2-5-9-16)23(30)17-12-13-20-19(14-17)24-27-29(20)18-10-6-3-7-11-18/h2,4-5,8-9,12-14,18H,3,6-7,10-11,15H2,1H3. The zero-order chi connectivity index (χ0) is 21.2. The quantitative estimate of drug-likeness (QED) is 0.483. The van der Waals surface area contributed by atoms with Crippen LogP contribution in [0.2, 0.25) is 0 Å². The Bertz CT molecular complexity index is 1190. The molecule has 0 saturated heterocycles. The molecule has 2 heterocycles. The molecule has 8 nitrogen and oxygen atoms in total. The third-order valence-corrected chi connectivity index (χ3v) is 5.85. The maximum atomic E-state index is 13.0. The van der Waals surface area contributed by atoms with Gasteiger partial charge in [-0.2, -0.15) is 0 Å². The Morgan fingerprint density at radius 3 is 2.68 bits per heavy atom. The average Bonchev–Trinajstić information content (AvgIpc) is 3.46. The Labute approximate surface area is 179 Å². The summed E-state index contributed by atoms with van der Waals surface area (Å²) >= 11 is 0. The Balaban J connectivity index is 1.31. The number of rotatable bonds is 5. The number of hydrogen-bond donors (Lipinski definition) is 0. The highest BCUT2D eigenvalue weighted by Gasteiger charge is 2.21. The lowest BCUT2D eigenvalue weighted by Gasteiger charge is -2.22. The number of carbonyl (C=O) groups is 1. The number of aromatic nitrogens is 5. The topological polar surface area (TPSA) is 89.9 Å². The first-order valence-corrected chi connectivity index (χ1v) is 10.7. The van der Waals surface area contributed by atoms with Crippen LogP contribution in [-0.2, 0) is 6.54 Å². The zero-order valence-corrected chi connectivity index (χ0v) is 17.4. The summed E-state index contributed by atoms with van der Waals surface area (Å²) in [6.07, 6.45) is 6.03. The minimum absolute atomic E-state index is 0.131. The van der Waals surface area contributed by atoms with Crippen LogP contribution in [0, 0.1) is 0 Å². The van der Waals surface area contributed by atoms with E-state index < -0.39 is 0 Å². The van der Waals surface area contributed by atoms with Crippen molar-refractivity contribution in [1.29, 1.82) is 0 Å². The normalized spacial score (nSPS) is 14.7. The van der Waals surface area contributed by atoms with Crippen LogP contribution in [0.5, 0.6) is 0 Å². The highest BCUT2D eigenvalue weighted by Crippen LogP contribution is 2.30. The molecule has 5 rings (SSSR count). The van der Waals surface area contributed by atoms with Crippen molar-refractivity contribution >= 4 is 16.9 Å². The molecule has 0 bridgehead atoms. The minimum Gasteiger partial charge on any atom is -0.419 e. The van der Waals surface area contributed by atoms with Gasteiger partial charge in [-0.25, -0.2) is 4.68 Å². The summed E-state index contributed by atoms with van der Waals surface area (Å²) < 4.78 is 7.75. The van der Waals surface area contributed by atoms with E-state index in [2.05, 4.69) is 20.5 Å². The lowest BCUT2D eigenvalue weighted by Crippen LogP contribution is -2.26. The van der Waals surface area contributed by atoms with Gasteiger partial charge >= 0.3 is 0 Å². The molecule has 31 heavy (non-hydrogen) atoms. The molecule has 4 aromatic rings. The van der Waals surface area contributed by atoms with E-state index in [0.29, 0.717) is 23.4 Å². The van der Waals surface area contributed by atoms with E-state index >= 15 is 0 Å². The largest absolute Gasteiger partial charge is 0.419 e. The zero-order valence-electron chi connectivity index (χ0n) is 17.4. The van der Waals surface area contributed by atoms with E-state index in [0.717, 1.165) is 29.4 Å². The maximum Gasteiger partial charge on any atom is 0.254 e. The molecular formula is C23H24N6O2. The fraction of sp³-hybridized carbons (Fsp3) is 0.348. The van der Waals surface area contributed by atoms with Crippen LogP contribution in [0.3, 0.4) is 0 Å². The number of amides is 1. The van der Waals surface area contributed by atoms with Crippen LogP contribution in [0.1, 0.15) is 54.4 Å². The molecule has 2 aromatic carbocycles. The van der Waals surface area contributed by atoms with Gasteiger partial charge in [-0.05, 0) is 43.2 Å². The lowest BCUT2D eigenvalue weighted by atomic mass is 9.95. The number of carbonyl (C=O) groups excluding carboxylic acids is 1. The van der Waals surface area contributed by atoms with Crippen molar-refractivity contribution in [2.75, 3.05) is 7.05 Å². The molecule has 0 atom stereocenters. The number of fused-ring (bicyclic) bond motifs is 1. The van der Waals surface area contributed by atoms with Gasteiger partial charge in [-0.3, -0.25) is 4.79 Å². The SMILES string of the molecule is CN(Cc1nnc(-c2ccccc2)o1)C(=O)c1ccc2c(c1)nnn2C1CCCCC1. The van der Waals surface area contributed by atoms with E-state index in [1.165, 1.54) is 19.3 Å². The van der Waals surface area contributed by atoms with E-state index in [9.17, 15) is 4.79 Å². The summed E-state index contributed by atoms with van der Waals surface area (Å²) in [6, 6.07) is 15.6. The number of hydrogen-bond acceptors (Lipinski definition) is 6. The Morgan fingerprint density at radius 2 is 1.87 bits per heavy atom. The van der Waals surface area contributed by atoms with Crippen LogP contribution < -0.4 is 0 Å². The van der Waals surface area contributed by atoms with Crippen LogP contribution >= 0.6 is 0 Å². The van der Waals surface area contributed by atoms with Gasteiger partial charge in [0.2, 0.25) is 11.8 Å². The van der Waals surface area contributed by atoms with Gasteiger partial charge in [-0.1, -0.05) is 42.7 Å². The summed E-state index contributed by atoms with van der Waals surface area (Å²) in [4.78, 5) is 14.5. The highest BCUT2D eigenvalue weighted by molar-refractivity contribution is 5.97. The molecule has 1 aliphatic rings. The molecule has 8 heteroatoms. The molecule has 1 fully saturated rings. The Hall–Kier alpha value is -3.55. The van der Waals surface area contributed by atoms with Gasteiger partial charge in [0.1, 0.15) is 5.52 Å². The predicted octanol–water partition coefficient (Wildman–Crippen LogP) is 4.26. The molecule has 0 radical (unpaired) electrons. The fourth-order valence-corrected chi connectivity index (χ4v) is 4.18. The highest BCUT2D eigenvalue weighted by atomic mass is 16.4. The molecule has 1 aliphatic carbocycles. The van der Waals surface area contributed by atoms with E-state index in [-0.39, 0.29) is 12.5 Å². The predicted molar refractivity (Wildman–Crippen MR) is 115 cm³/mol. The number of benzene rings is 2. The summed E-state index contributed by atoms with van der Waals surface area (Å²) in [7, 11) is 1.72. The van der Waals surface area contributed by atoms with Crippen LogP contribution in [0.25, 0.3) is 22.5 Å². The van der Waals surface area contributed by atoms with Crippen molar-refractivity contribution in [2.45, 2.75) is 44.7 Å². The third-order valence-electron chi connectivity index (χ3n) is 5.85. The van der Waals surface area contributed by atoms with Gasteiger partial charge in [-0.15, -0.1) is 15.3 Å². The molecule has 0 aliphatic heterocycles. The monoisotopic (exact) mass is 416 g/mol. The number of nitrogens with zero attached hydrogens (tertiary/aromatic N) is 6. The molecule has 1 amide bonds. The van der Waals surface area contributed by atoms with Crippen LogP contribution in [0.4, 0.5) is 0 Å². The summed E-state index contributed by atoms with van der Waals surface area (Å²) in [6.45, 7) is 0.228. The first-order valence-electron chi connectivity index (χ1n) is 10.7. The van der Waals surface area contributed by atoms with Crippen LogP contribution in [-0.4, -0.2) is 43.0 Å². The molecule has 1 saturated carbocycles. The van der Waals surface area contributed by atoms with E-state index in [4.69, 9.17) is 4.42 Å². The maximum absolute atomic E-state index is 13.0. The molecular weight excluding hydrogens is 392 g/mol. The minimum atomic E-state index is -0.131. The van der Waals surface area contributed by atoms with Crippen molar-refractivity contribution in [2.24, 2.45) is 0 Å². The molecule has 0 unspecified atom stereocenters. The second-order valence-electron chi connectivity index (χ2n) is 8.06. The van der Waals surface area contributed by atoms with Gasteiger partial charge < -0.3 is 9.32 Å². The first kappa shape index (κ1) is 19.4. The van der Waals surface area contributed by atoms with Crippen molar-refractivity contribution in [3.8, 4) is 11.5 Å². The van der Waals surface area contributed by atoms with Crippen molar-refractivity contribution in [3.05, 3.63) is 60.0 Å². The summed E-state index contributed by atoms with van der Waals surface area (Å²) in [5.74, 6) is 0.699. The van der Waals surface area contributed by atoms with Gasteiger partial charge in [0.25, 0.3) is 5.91 Å². The average molecular weight is 416 g/mol. The van der Waals surface area contributed by atoms with E-state index in [1.54, 1.807) is 11.9 Å². The Morgan fingerprint density at radius 1 is 1.06 bits per heavy atom. The second-order valence-corrected chi connectivity index (χ2v) is 8.06. The lowest BCUT2D eigenvalue weighted by molar-refractivity contribution is 0.0773. The first-order chi connectivity index (χ1) is 15.2. The fourth-order valence-electron chi connectivity index (χ4n) is 4.18. The summed E-state index contributed by atoms with van der Waals surface area (Å²) in [5.41, 5.74) is 3.14. The van der Waals surface area contributed by atoms with Crippen molar-refractivity contribution in [1.82, 2.24) is 30.1 Å². The van der Waals surface area contributed by atoms with Gasteiger partial charge in [0, 0.05) is 18.2 Å². The van der Waals surface area contributed by atoms with Crippen molar-refractivity contribution < 1.29 is 9.21 Å². The smallest absolute Gasteiger partial charge is 0.254 e.